The van der Waals surface area contributed by atoms with E-state index in [0.717, 1.165) is 4.47 Å². The first-order valence-corrected chi connectivity index (χ1v) is 8.55. The lowest BCUT2D eigenvalue weighted by Crippen LogP contribution is -2.48. The monoisotopic (exact) mass is 399 g/mol. The number of carbonyl (C=O) groups is 1. The lowest BCUT2D eigenvalue weighted by atomic mass is 9.95. The van der Waals surface area contributed by atoms with E-state index in [9.17, 15) is 4.79 Å². The smallest absolute Gasteiger partial charge is 0.410 e. The second-order valence-electron chi connectivity index (χ2n) is 6.97. The molecule has 0 spiro atoms. The third kappa shape index (κ3) is 3.53. The van der Waals surface area contributed by atoms with Crippen molar-refractivity contribution in [2.45, 2.75) is 44.9 Å². The summed E-state index contributed by atoms with van der Waals surface area (Å²) in [5, 5.41) is 0. The van der Waals surface area contributed by atoms with Crippen molar-refractivity contribution < 1.29 is 18.3 Å². The molecule has 6 nitrogen and oxygen atoms in total. The Labute approximate surface area is 147 Å². The minimum absolute atomic E-state index is 0.0450. The van der Waals surface area contributed by atoms with Crippen LogP contribution in [0.2, 0.25) is 0 Å². The molecule has 0 saturated carbocycles. The van der Waals surface area contributed by atoms with Crippen molar-refractivity contribution in [3.8, 4) is 0 Å². The van der Waals surface area contributed by atoms with Crippen molar-refractivity contribution >= 4 is 33.3 Å². The van der Waals surface area contributed by atoms with Gasteiger partial charge in [-0.25, -0.2) is 19.2 Å². The first-order chi connectivity index (χ1) is 11.2. The molecule has 1 aliphatic heterocycles. The van der Waals surface area contributed by atoms with E-state index >= 15 is 4.39 Å². The molecule has 3 heterocycles. The number of alkyl halides is 1. The summed E-state index contributed by atoms with van der Waals surface area (Å²) in [6.45, 7) is 5.64. The Morgan fingerprint density at radius 2 is 2.25 bits per heavy atom. The molecule has 0 N–H and O–H groups in total. The molecular weight excluding hydrogens is 381 g/mol. The van der Waals surface area contributed by atoms with Crippen molar-refractivity contribution in [2.24, 2.45) is 0 Å². The highest BCUT2D eigenvalue weighted by Gasteiger charge is 2.44. The number of halogens is 2. The Morgan fingerprint density at radius 1 is 1.50 bits per heavy atom. The molecule has 1 aliphatic rings. The Morgan fingerprint density at radius 3 is 2.96 bits per heavy atom. The molecule has 2 aromatic heterocycles. The molecule has 1 atom stereocenters. The maximum atomic E-state index is 15.4. The molecule has 0 radical (unpaired) electrons. The van der Waals surface area contributed by atoms with Crippen LogP contribution < -0.4 is 0 Å². The summed E-state index contributed by atoms with van der Waals surface area (Å²) < 4.78 is 27.0. The zero-order valence-corrected chi connectivity index (χ0v) is 15.4. The normalized spacial score (nSPS) is 22.0. The predicted octanol–water partition coefficient (Wildman–Crippen LogP) is 4.18. The zero-order chi connectivity index (χ0) is 17.5. The minimum Gasteiger partial charge on any atom is -0.444 e. The average molecular weight is 400 g/mol. The van der Waals surface area contributed by atoms with Gasteiger partial charge in [0.15, 0.2) is 0 Å². The lowest BCUT2D eigenvalue weighted by Gasteiger charge is -2.36. The quantitative estimate of drug-likeness (QED) is 0.719. The van der Waals surface area contributed by atoms with Gasteiger partial charge in [0.2, 0.25) is 17.3 Å². The van der Waals surface area contributed by atoms with Crippen LogP contribution >= 0.6 is 15.9 Å². The summed E-state index contributed by atoms with van der Waals surface area (Å²) in [6.07, 6.45) is 1.78. The van der Waals surface area contributed by atoms with Crippen LogP contribution in [0.5, 0.6) is 0 Å². The van der Waals surface area contributed by atoms with E-state index < -0.39 is 17.4 Å². The van der Waals surface area contributed by atoms with Crippen LogP contribution in [0.4, 0.5) is 9.18 Å². The summed E-state index contributed by atoms with van der Waals surface area (Å²) in [6, 6.07) is 1.72. The van der Waals surface area contributed by atoms with Crippen LogP contribution in [-0.2, 0) is 10.4 Å². The number of likely N-dealkylation sites (tertiary alicyclic amines) is 1. The van der Waals surface area contributed by atoms with Gasteiger partial charge in [-0.1, -0.05) is 0 Å². The number of amides is 1. The van der Waals surface area contributed by atoms with Crippen LogP contribution in [0.1, 0.15) is 39.5 Å². The van der Waals surface area contributed by atoms with E-state index in [0.29, 0.717) is 18.5 Å². The SMILES string of the molecule is CC(C)(C)OC(=O)N1CCCC(F)(c2nc3cc(Br)cnc3o2)C1. The van der Waals surface area contributed by atoms with Crippen LogP contribution in [-0.4, -0.2) is 39.7 Å². The second-order valence-corrected chi connectivity index (χ2v) is 7.88. The molecule has 3 rings (SSSR count). The Balaban J connectivity index is 1.84. The fourth-order valence-electron chi connectivity index (χ4n) is 2.66. The summed E-state index contributed by atoms with van der Waals surface area (Å²) in [7, 11) is 0. The molecule has 1 saturated heterocycles. The highest BCUT2D eigenvalue weighted by molar-refractivity contribution is 9.10. The molecule has 1 fully saturated rings. The number of piperidine rings is 1. The molecule has 1 amide bonds. The van der Waals surface area contributed by atoms with Gasteiger partial charge < -0.3 is 14.1 Å². The highest BCUT2D eigenvalue weighted by atomic mass is 79.9. The standard InChI is InChI=1S/C16H19BrFN3O3/c1-15(2,3)24-14(22)21-6-4-5-16(18,9-21)13-20-11-7-10(17)8-19-12(11)23-13/h7-8H,4-6,9H2,1-3H3. The highest BCUT2D eigenvalue weighted by Crippen LogP contribution is 2.37. The van der Waals surface area contributed by atoms with Crippen molar-refractivity contribution in [3.05, 3.63) is 22.6 Å². The predicted molar refractivity (Wildman–Crippen MR) is 89.3 cm³/mol. The third-order valence-electron chi connectivity index (χ3n) is 3.69. The molecular formula is C16H19BrFN3O3. The molecule has 2 aromatic rings. The number of ether oxygens (including phenoxy) is 1. The maximum absolute atomic E-state index is 15.4. The summed E-state index contributed by atoms with van der Waals surface area (Å²) >= 11 is 3.30. The van der Waals surface area contributed by atoms with Gasteiger partial charge >= 0.3 is 6.09 Å². The number of hydrogen-bond acceptors (Lipinski definition) is 5. The van der Waals surface area contributed by atoms with Crippen LogP contribution in [0.15, 0.2) is 21.2 Å². The van der Waals surface area contributed by atoms with Crippen molar-refractivity contribution in [1.29, 1.82) is 0 Å². The number of fused-ring (bicyclic) bond motifs is 1. The molecule has 130 valence electrons. The number of nitrogens with zero attached hydrogens (tertiary/aromatic N) is 3. The fourth-order valence-corrected chi connectivity index (χ4v) is 2.98. The number of aromatic nitrogens is 2. The van der Waals surface area contributed by atoms with Crippen LogP contribution in [0.25, 0.3) is 11.2 Å². The fraction of sp³-hybridized carbons (Fsp3) is 0.562. The van der Waals surface area contributed by atoms with Gasteiger partial charge in [0.25, 0.3) is 0 Å². The summed E-state index contributed by atoms with van der Waals surface area (Å²) in [4.78, 5) is 21.9. The zero-order valence-electron chi connectivity index (χ0n) is 13.8. The molecule has 24 heavy (non-hydrogen) atoms. The number of pyridine rings is 1. The van der Waals surface area contributed by atoms with Crippen LogP contribution in [0, 0.1) is 0 Å². The van der Waals surface area contributed by atoms with Gasteiger partial charge in [0, 0.05) is 17.2 Å². The third-order valence-corrected chi connectivity index (χ3v) is 4.13. The van der Waals surface area contributed by atoms with Crippen LogP contribution in [0.3, 0.4) is 0 Å². The maximum Gasteiger partial charge on any atom is 0.410 e. The molecule has 0 aromatic carbocycles. The van der Waals surface area contributed by atoms with E-state index in [1.165, 1.54) is 4.90 Å². The van der Waals surface area contributed by atoms with Gasteiger partial charge in [-0.15, -0.1) is 0 Å². The van der Waals surface area contributed by atoms with Gasteiger partial charge in [-0.2, -0.15) is 0 Å². The van der Waals surface area contributed by atoms with E-state index in [1.54, 1.807) is 33.0 Å². The van der Waals surface area contributed by atoms with Crippen molar-refractivity contribution in [2.75, 3.05) is 13.1 Å². The number of carbonyl (C=O) groups excluding carboxylic acids is 1. The first-order valence-electron chi connectivity index (χ1n) is 7.76. The van der Waals surface area contributed by atoms with Gasteiger partial charge in [0.05, 0.1) is 6.54 Å². The summed E-state index contributed by atoms with van der Waals surface area (Å²) in [5.74, 6) is -0.0450. The number of hydrogen-bond donors (Lipinski definition) is 0. The first kappa shape index (κ1) is 17.1. The van der Waals surface area contributed by atoms with Gasteiger partial charge in [0.1, 0.15) is 11.1 Å². The molecule has 0 bridgehead atoms. The Bertz CT molecular complexity index is 774. The molecule has 0 aliphatic carbocycles. The Hall–Kier alpha value is -1.70. The van der Waals surface area contributed by atoms with E-state index in [4.69, 9.17) is 9.15 Å². The number of oxazole rings is 1. The van der Waals surface area contributed by atoms with Crippen molar-refractivity contribution in [1.82, 2.24) is 14.9 Å². The van der Waals surface area contributed by atoms with Gasteiger partial charge in [-0.05, 0) is 55.6 Å². The average Bonchev–Trinajstić information content (AvgIpc) is 2.89. The summed E-state index contributed by atoms with van der Waals surface area (Å²) in [5.41, 5.74) is -1.71. The van der Waals surface area contributed by atoms with E-state index in [1.807, 2.05) is 0 Å². The molecule has 8 heteroatoms. The van der Waals surface area contributed by atoms with Gasteiger partial charge in [-0.3, -0.25) is 0 Å². The lowest BCUT2D eigenvalue weighted by molar-refractivity contribution is -0.0140. The number of rotatable bonds is 1. The van der Waals surface area contributed by atoms with E-state index in [2.05, 4.69) is 25.9 Å². The van der Waals surface area contributed by atoms with Crippen molar-refractivity contribution in [3.63, 3.8) is 0 Å². The topological polar surface area (TPSA) is 68.5 Å². The van der Waals surface area contributed by atoms with E-state index in [-0.39, 0.29) is 24.6 Å². The molecule has 1 unspecified atom stereocenters. The largest absolute Gasteiger partial charge is 0.444 e. The minimum atomic E-state index is -1.84. The Kier molecular flexibility index (Phi) is 4.27. The second kappa shape index (κ2) is 5.98.